The van der Waals surface area contributed by atoms with Crippen molar-refractivity contribution in [3.63, 3.8) is 0 Å². The zero-order valence-electron chi connectivity index (χ0n) is 21.7. The van der Waals surface area contributed by atoms with Gasteiger partial charge in [0.25, 0.3) is 11.8 Å². The van der Waals surface area contributed by atoms with Crippen LogP contribution in [-0.4, -0.2) is 46.2 Å². The molecule has 0 aliphatic carbocycles. The molecule has 3 aromatic carbocycles. The molecule has 0 unspecified atom stereocenters. The monoisotopic (exact) mass is 525 g/mol. The van der Waals surface area contributed by atoms with Crippen molar-refractivity contribution in [1.82, 2.24) is 9.80 Å². The molecule has 3 aromatic rings. The average molecular weight is 526 g/mol. The number of imide groups is 1. The molecule has 2 aliphatic rings. The van der Waals surface area contributed by atoms with Gasteiger partial charge in [0.1, 0.15) is 12.4 Å². The Morgan fingerprint density at radius 2 is 1.64 bits per heavy atom. The van der Waals surface area contributed by atoms with Crippen LogP contribution in [0.5, 0.6) is 0 Å². The van der Waals surface area contributed by atoms with Crippen LogP contribution >= 0.6 is 0 Å². The molecule has 1 fully saturated rings. The van der Waals surface area contributed by atoms with Crippen LogP contribution in [0.15, 0.2) is 78.9 Å². The summed E-state index contributed by atoms with van der Waals surface area (Å²) in [5.74, 6) is -2.07. The van der Waals surface area contributed by atoms with Crippen LogP contribution < -0.4 is 0 Å². The number of hydrogen-bond donors (Lipinski definition) is 0. The van der Waals surface area contributed by atoms with Crippen LogP contribution in [-0.2, 0) is 16.1 Å². The fourth-order valence-corrected chi connectivity index (χ4v) is 5.48. The second-order valence-corrected chi connectivity index (χ2v) is 10.5. The van der Waals surface area contributed by atoms with E-state index >= 15 is 0 Å². The summed E-state index contributed by atoms with van der Waals surface area (Å²) in [6.45, 7) is 3.24. The van der Waals surface area contributed by atoms with E-state index in [0.717, 1.165) is 10.5 Å². The highest BCUT2D eigenvalue weighted by molar-refractivity contribution is 6.22. The van der Waals surface area contributed by atoms with Crippen molar-refractivity contribution in [1.29, 1.82) is 5.26 Å². The molecule has 0 saturated carbocycles. The van der Waals surface area contributed by atoms with E-state index in [1.807, 2.05) is 30.3 Å². The molecule has 0 aromatic heterocycles. The van der Waals surface area contributed by atoms with Gasteiger partial charge in [-0.05, 0) is 55.7 Å². The van der Waals surface area contributed by atoms with E-state index in [4.69, 9.17) is 4.74 Å². The number of ether oxygens (including phenoxy) is 1. The Morgan fingerprint density at radius 1 is 1.00 bits per heavy atom. The average Bonchev–Trinajstić information content (AvgIpc) is 3.45. The normalized spacial score (nSPS) is 20.7. The zero-order chi connectivity index (χ0) is 27.7. The smallest absolute Gasteiger partial charge is 0.262 e. The maximum absolute atomic E-state index is 14.4. The minimum absolute atomic E-state index is 0.247. The van der Waals surface area contributed by atoms with Gasteiger partial charge >= 0.3 is 0 Å². The van der Waals surface area contributed by atoms with Crippen molar-refractivity contribution >= 4 is 17.7 Å². The number of carbonyl (C=O) groups is 3. The van der Waals surface area contributed by atoms with Crippen molar-refractivity contribution in [2.24, 2.45) is 5.41 Å². The summed E-state index contributed by atoms with van der Waals surface area (Å²) in [6.07, 6.45) is -0.238. The maximum Gasteiger partial charge on any atom is 0.262 e. The number of nitrogens with zero attached hydrogens (tertiary/aromatic N) is 3. The van der Waals surface area contributed by atoms with Crippen molar-refractivity contribution < 1.29 is 23.5 Å². The molecule has 2 heterocycles. The first-order valence-electron chi connectivity index (χ1n) is 12.8. The third-order valence-electron chi connectivity index (χ3n) is 7.52. The van der Waals surface area contributed by atoms with Crippen LogP contribution in [0.3, 0.4) is 0 Å². The van der Waals surface area contributed by atoms with Crippen LogP contribution in [0.4, 0.5) is 4.39 Å². The summed E-state index contributed by atoms with van der Waals surface area (Å²) < 4.78 is 20.7. The zero-order valence-corrected chi connectivity index (χ0v) is 21.7. The summed E-state index contributed by atoms with van der Waals surface area (Å²) >= 11 is 0. The number of carbonyl (C=O) groups excluding carboxylic acids is 3. The molecule has 3 amide bonds. The first-order valence-corrected chi connectivity index (χ1v) is 12.8. The highest BCUT2D eigenvalue weighted by Crippen LogP contribution is 2.45. The summed E-state index contributed by atoms with van der Waals surface area (Å²) in [5, 5.41) is 10.0. The fourth-order valence-electron chi connectivity index (χ4n) is 5.48. The number of halogens is 1. The molecule has 0 N–H and O–H groups in total. The number of nitriles is 1. The topological polar surface area (TPSA) is 90.7 Å². The summed E-state index contributed by atoms with van der Waals surface area (Å²) in [5.41, 5.74) is 0.948. The Hall–Kier alpha value is -4.35. The van der Waals surface area contributed by atoms with Gasteiger partial charge in [0.2, 0.25) is 5.91 Å². The summed E-state index contributed by atoms with van der Waals surface area (Å²) in [4.78, 5) is 42.5. The Morgan fingerprint density at radius 3 is 2.26 bits per heavy atom. The van der Waals surface area contributed by atoms with Gasteiger partial charge in [-0.25, -0.2) is 4.39 Å². The molecule has 7 nitrogen and oxygen atoms in total. The fraction of sp³-hybridized carbons (Fsp3) is 0.290. The van der Waals surface area contributed by atoms with Crippen LogP contribution in [0.1, 0.15) is 58.2 Å². The van der Waals surface area contributed by atoms with Gasteiger partial charge in [0.05, 0.1) is 47.4 Å². The molecule has 3 atom stereocenters. The van der Waals surface area contributed by atoms with E-state index in [2.05, 4.69) is 6.07 Å². The van der Waals surface area contributed by atoms with E-state index in [0.29, 0.717) is 12.0 Å². The molecule has 5 rings (SSSR count). The molecule has 39 heavy (non-hydrogen) atoms. The molecule has 0 bridgehead atoms. The third-order valence-corrected chi connectivity index (χ3v) is 7.52. The molecule has 0 radical (unpaired) electrons. The third kappa shape index (κ3) is 4.93. The molecule has 0 spiro atoms. The van der Waals surface area contributed by atoms with Crippen LogP contribution in [0, 0.1) is 22.6 Å². The van der Waals surface area contributed by atoms with Crippen molar-refractivity contribution in [3.8, 4) is 6.07 Å². The Balaban J connectivity index is 1.51. The second kappa shape index (κ2) is 10.4. The lowest BCUT2D eigenvalue weighted by atomic mass is 9.84. The largest absolute Gasteiger partial charge is 0.371 e. The van der Waals surface area contributed by atoms with E-state index in [9.17, 15) is 24.0 Å². The van der Waals surface area contributed by atoms with E-state index in [1.165, 1.54) is 17.0 Å². The van der Waals surface area contributed by atoms with Crippen LogP contribution in [0.2, 0.25) is 0 Å². The van der Waals surface area contributed by atoms with Gasteiger partial charge in [-0.3, -0.25) is 19.3 Å². The Bertz CT molecular complexity index is 1430. The molecule has 198 valence electrons. The quantitative estimate of drug-likeness (QED) is 0.410. The first-order chi connectivity index (χ1) is 18.7. The lowest BCUT2D eigenvalue weighted by molar-refractivity contribution is -0.137. The number of rotatable bonds is 7. The molecular weight excluding hydrogens is 497 g/mol. The van der Waals surface area contributed by atoms with E-state index in [-0.39, 0.29) is 17.7 Å². The second-order valence-electron chi connectivity index (χ2n) is 10.5. The van der Waals surface area contributed by atoms with Gasteiger partial charge in [-0.1, -0.05) is 54.6 Å². The standard InChI is InChI=1S/C31H28FN3O4/c1-31(2,19-33)26-16-25(39-18-20-9-4-3-5-10-20)28(21-11-8-12-22(32)15-21)35(26)27(36)17-34-29(37)23-13-6-7-14-24(23)30(34)38/h3-15,25-26,28H,16-18H2,1-2H3/t25-,26-,28-/m1/s1. The number of benzene rings is 3. The van der Waals surface area contributed by atoms with Crippen molar-refractivity contribution in [3.05, 3.63) is 107 Å². The maximum atomic E-state index is 14.4. The van der Waals surface area contributed by atoms with Crippen molar-refractivity contribution in [2.75, 3.05) is 6.54 Å². The predicted molar refractivity (Wildman–Crippen MR) is 141 cm³/mol. The van der Waals surface area contributed by atoms with Gasteiger partial charge in [-0.15, -0.1) is 0 Å². The summed E-state index contributed by atoms with van der Waals surface area (Å²) in [6, 6.07) is 22.9. The van der Waals surface area contributed by atoms with E-state index < -0.39 is 53.7 Å². The SMILES string of the molecule is CC(C)(C#N)[C@H]1C[C@@H](OCc2ccccc2)[C@@H](c2cccc(F)c2)N1C(=O)CN1C(=O)c2ccccc2C1=O. The Kier molecular flexibility index (Phi) is 7.02. The lowest BCUT2D eigenvalue weighted by Crippen LogP contribution is -2.49. The minimum Gasteiger partial charge on any atom is -0.371 e. The molecular formula is C31H28FN3O4. The van der Waals surface area contributed by atoms with Gasteiger partial charge in [0, 0.05) is 0 Å². The van der Waals surface area contributed by atoms with Gasteiger partial charge in [0.15, 0.2) is 0 Å². The van der Waals surface area contributed by atoms with Gasteiger partial charge < -0.3 is 9.64 Å². The predicted octanol–water partition coefficient (Wildman–Crippen LogP) is 4.90. The number of fused-ring (bicyclic) bond motifs is 1. The van der Waals surface area contributed by atoms with Crippen molar-refractivity contribution in [2.45, 2.75) is 45.1 Å². The number of amides is 3. The van der Waals surface area contributed by atoms with E-state index in [1.54, 1.807) is 50.2 Å². The molecule has 8 heteroatoms. The van der Waals surface area contributed by atoms with Crippen LogP contribution in [0.25, 0.3) is 0 Å². The number of likely N-dealkylation sites (tertiary alicyclic amines) is 1. The molecule has 1 saturated heterocycles. The summed E-state index contributed by atoms with van der Waals surface area (Å²) in [7, 11) is 0. The number of hydrogen-bond acceptors (Lipinski definition) is 5. The minimum atomic E-state index is -0.992. The highest BCUT2D eigenvalue weighted by atomic mass is 19.1. The Labute approximate surface area is 226 Å². The molecule has 2 aliphatic heterocycles. The lowest BCUT2D eigenvalue weighted by Gasteiger charge is -2.37. The van der Waals surface area contributed by atoms with Gasteiger partial charge in [-0.2, -0.15) is 5.26 Å². The highest BCUT2D eigenvalue weighted by Gasteiger charge is 2.52. The first kappa shape index (κ1) is 26.3.